The van der Waals surface area contributed by atoms with Crippen molar-refractivity contribution >= 4 is 46.3 Å². The number of aliphatic carboxylic acids is 1. The molecular formula is C52H70N7O9+. The highest BCUT2D eigenvalue weighted by molar-refractivity contribution is 5.96. The summed E-state index contributed by atoms with van der Waals surface area (Å²) in [5.74, 6) is 1.28. The van der Waals surface area contributed by atoms with Crippen LogP contribution in [0.4, 0.5) is 0 Å². The summed E-state index contributed by atoms with van der Waals surface area (Å²) in [7, 11) is 4.90. The van der Waals surface area contributed by atoms with E-state index in [9.17, 15) is 39.0 Å². The number of carboxylic acids is 1. The molecule has 4 aromatic carbocycles. The number of phenols is 1. The van der Waals surface area contributed by atoms with E-state index >= 15 is 0 Å². The minimum absolute atomic E-state index is 0.0544. The summed E-state index contributed by atoms with van der Waals surface area (Å²) >= 11 is 0. The van der Waals surface area contributed by atoms with Crippen molar-refractivity contribution in [2.75, 3.05) is 34.2 Å². The monoisotopic (exact) mass is 937 g/mol. The molecule has 1 aliphatic heterocycles. The number of carbonyl (C=O) groups is 6. The highest BCUT2D eigenvalue weighted by atomic mass is 16.6. The molecule has 0 saturated heterocycles. The van der Waals surface area contributed by atoms with Gasteiger partial charge in [-0.05, 0) is 90.6 Å². The van der Waals surface area contributed by atoms with Crippen LogP contribution < -0.4 is 27.1 Å². The Morgan fingerprint density at radius 2 is 1.44 bits per heavy atom. The fourth-order valence-corrected chi connectivity index (χ4v) is 8.85. The van der Waals surface area contributed by atoms with E-state index in [2.05, 4.69) is 35.8 Å². The zero-order chi connectivity index (χ0) is 49.7. The molecule has 0 radical (unpaired) electrons. The fraction of sp³-hybridized carbons (Fsp3) is 0.462. The third-order valence-corrected chi connectivity index (χ3v) is 13.1. The molecule has 4 aromatic rings. The Hall–Kier alpha value is -6.36. The minimum Gasteiger partial charge on any atom is -0.507 e. The number of nitrogens with zero attached hydrogens (tertiary/aromatic N) is 3. The first kappa shape index (κ1) is 52.6. The molecule has 0 saturated carbocycles. The average molecular weight is 937 g/mol. The predicted octanol–water partition coefficient (Wildman–Crippen LogP) is 5.59. The molecule has 16 nitrogen and oxygen atoms in total. The summed E-state index contributed by atoms with van der Waals surface area (Å²) in [5.41, 5.74) is 9.41. The van der Waals surface area contributed by atoms with E-state index in [1.54, 1.807) is 46.1 Å². The number of likely N-dealkylation sites (N-methyl/N-ethyl adjacent to an activating group) is 2. The van der Waals surface area contributed by atoms with Gasteiger partial charge in [-0.3, -0.25) is 23.7 Å². The predicted molar refractivity (Wildman–Crippen MR) is 261 cm³/mol. The number of quaternary nitrogens is 1. The number of rotatable bonds is 19. The van der Waals surface area contributed by atoms with E-state index in [4.69, 9.17) is 16.5 Å². The summed E-state index contributed by atoms with van der Waals surface area (Å²) in [4.78, 5) is 89.5. The lowest BCUT2D eigenvalue weighted by Crippen LogP contribution is -2.61. The Morgan fingerprint density at radius 3 is 2.12 bits per heavy atom. The molecular weight excluding hydrogens is 867 g/mol. The first-order valence-corrected chi connectivity index (χ1v) is 23.8. The van der Waals surface area contributed by atoms with Crippen molar-refractivity contribution in [1.29, 1.82) is 0 Å². The van der Waals surface area contributed by atoms with Gasteiger partial charge in [0.2, 0.25) is 17.7 Å². The molecule has 1 heterocycles. The topological polar surface area (TPSA) is 235 Å². The smallest absolute Gasteiger partial charge is 0.345 e. The van der Waals surface area contributed by atoms with Crippen LogP contribution in [0.25, 0.3) is 21.9 Å². The lowest BCUT2D eigenvalue weighted by atomic mass is 9.94. The maximum Gasteiger partial charge on any atom is 0.345 e. The van der Waals surface area contributed by atoms with Gasteiger partial charge in [0.15, 0.2) is 11.9 Å². The summed E-state index contributed by atoms with van der Waals surface area (Å²) < 4.78 is -0.116. The van der Waals surface area contributed by atoms with Crippen molar-refractivity contribution in [3.63, 3.8) is 0 Å². The lowest BCUT2D eigenvalue weighted by molar-refractivity contribution is -0.806. The van der Waals surface area contributed by atoms with Gasteiger partial charge in [-0.25, -0.2) is 9.59 Å². The Kier molecular flexibility index (Phi) is 18.6. The number of hydrogen-bond acceptors (Lipinski definition) is 10. The molecule has 0 aliphatic carbocycles. The second kappa shape index (κ2) is 24.1. The summed E-state index contributed by atoms with van der Waals surface area (Å²) in [6, 6.07) is 17.4. The molecule has 0 aromatic heterocycles. The number of benzene rings is 4. The second-order valence-electron chi connectivity index (χ2n) is 18.5. The fourth-order valence-electron chi connectivity index (χ4n) is 8.85. The maximum absolute atomic E-state index is 14.4. The Labute approximate surface area is 399 Å². The van der Waals surface area contributed by atoms with Crippen LogP contribution in [-0.4, -0.2) is 119 Å². The van der Waals surface area contributed by atoms with Crippen LogP contribution in [0.2, 0.25) is 0 Å². The molecule has 4 bridgehead atoms. The van der Waals surface area contributed by atoms with E-state index in [0.717, 1.165) is 23.6 Å². The molecule has 1 aliphatic rings. The normalized spacial score (nSPS) is 17.0. The molecule has 0 spiro atoms. The van der Waals surface area contributed by atoms with E-state index in [-0.39, 0.29) is 65.7 Å². The average Bonchev–Trinajstić information content (AvgIpc) is 3.32. The van der Waals surface area contributed by atoms with E-state index < -0.39 is 48.0 Å². The van der Waals surface area contributed by atoms with Crippen LogP contribution in [0, 0.1) is 0 Å². The van der Waals surface area contributed by atoms with Crippen molar-refractivity contribution in [3.05, 3.63) is 95.1 Å². The van der Waals surface area contributed by atoms with Gasteiger partial charge in [-0.15, -0.1) is 0 Å². The molecule has 0 fully saturated rings. The molecule has 8 N–H and O–H groups in total. The van der Waals surface area contributed by atoms with E-state index in [1.807, 2.05) is 18.2 Å². The Bertz CT molecular complexity index is 2460. The van der Waals surface area contributed by atoms with Gasteiger partial charge in [0.1, 0.15) is 23.9 Å². The molecule has 5 amide bonds. The van der Waals surface area contributed by atoms with Crippen molar-refractivity contribution in [2.45, 2.75) is 122 Å². The summed E-state index contributed by atoms with van der Waals surface area (Å²) in [6.07, 6.45) is 9.08. The maximum atomic E-state index is 14.4. The quantitative estimate of drug-likeness (QED) is 0.0385. The third kappa shape index (κ3) is 13.4. The highest BCUT2D eigenvalue weighted by Gasteiger charge is 2.37. The van der Waals surface area contributed by atoms with Crippen LogP contribution in [-0.2, 0) is 43.2 Å². The molecule has 4 unspecified atom stereocenters. The number of phenolic OH excluding ortho intramolecular Hbond substituents is 1. The Balaban J connectivity index is 1.29. The molecule has 16 heteroatoms. The highest BCUT2D eigenvalue weighted by Crippen LogP contribution is 2.38. The van der Waals surface area contributed by atoms with Crippen LogP contribution >= 0.6 is 0 Å². The zero-order valence-corrected chi connectivity index (χ0v) is 40.4. The number of fused-ring (bicyclic) bond motifs is 6. The number of amides is 5. The summed E-state index contributed by atoms with van der Waals surface area (Å²) in [6.45, 7) is 5.81. The molecule has 5 rings (SSSR count). The molecule has 68 heavy (non-hydrogen) atoms. The number of carbonyl (C=O) groups excluding carboxylic acids is 5. The van der Waals surface area contributed by atoms with Crippen LogP contribution in [0.15, 0.2) is 72.8 Å². The first-order chi connectivity index (χ1) is 32.4. The lowest BCUT2D eigenvalue weighted by Gasteiger charge is -2.35. The number of hydrogen-bond donors (Lipinski definition) is 6. The van der Waals surface area contributed by atoms with Crippen molar-refractivity contribution in [3.8, 4) is 22.6 Å². The standard InChI is InChI=1S/C52H69N7O9/c1-7-9-10-11-12-13-14-15-16-34-17-20-38-32-39(22-21-37(38)27-34)51(65)59(5,6)26-25-46(61)58(8-2)33(3)50(64)57(4)43-31-36-19-24-45(68-54)41(29-36)40-28-35(18-23-44(40)60)30-42(52(66)67)55-49(63)47(53)56-48(43)62/h17-24,27-29,32-33,42-43,47H,7-16,25-26,30-31,53-54H2,1-6H3,(H3-,55,56,60,62,63,66,67)/p+1. The number of aryl methyl sites for hydroxylation is 1. The van der Waals surface area contributed by atoms with Gasteiger partial charge in [0.05, 0.1) is 32.6 Å². The first-order valence-electron chi connectivity index (χ1n) is 23.8. The molecule has 366 valence electrons. The minimum atomic E-state index is -1.70. The van der Waals surface area contributed by atoms with Gasteiger partial charge >= 0.3 is 11.9 Å². The van der Waals surface area contributed by atoms with Crippen molar-refractivity contribution in [2.24, 2.45) is 11.6 Å². The van der Waals surface area contributed by atoms with Gasteiger partial charge in [-0.2, -0.15) is 5.90 Å². The van der Waals surface area contributed by atoms with Gasteiger partial charge < -0.3 is 41.2 Å². The van der Waals surface area contributed by atoms with Gasteiger partial charge in [0.25, 0.3) is 5.91 Å². The van der Waals surface area contributed by atoms with E-state index in [1.165, 1.54) is 85.6 Å². The number of unbranched alkanes of at least 4 members (excludes halogenated alkanes) is 7. The Morgan fingerprint density at radius 1 is 0.809 bits per heavy atom. The zero-order valence-electron chi connectivity index (χ0n) is 40.4. The number of nitrogens with two attached hydrogens (primary N) is 2. The second-order valence-corrected chi connectivity index (χ2v) is 18.5. The summed E-state index contributed by atoms with van der Waals surface area (Å²) in [5, 5.41) is 27.7. The largest absolute Gasteiger partial charge is 0.507 e. The van der Waals surface area contributed by atoms with Crippen molar-refractivity contribution in [1.82, 2.24) is 20.4 Å². The van der Waals surface area contributed by atoms with Crippen molar-refractivity contribution < 1.29 is 48.3 Å². The number of aromatic hydroxyl groups is 1. The van der Waals surface area contributed by atoms with Crippen LogP contribution in [0.1, 0.15) is 106 Å². The SMILES string of the molecule is CCCCCCCCCCc1ccc2cc(C(=O)[N+](C)(C)CCC(=O)N(CC)C(C)C(=O)N(C)C3Cc4ccc(ON)c(c4)-c4cc(ccc4O)CC(C(=O)O)NC(=O)C(N)NC3=O)ccc2c1. The van der Waals surface area contributed by atoms with E-state index in [0.29, 0.717) is 22.3 Å². The third-order valence-electron chi connectivity index (χ3n) is 13.1. The number of nitrogens with one attached hydrogen (secondary N) is 2. The number of carboxylic acid groups (broad SMARTS) is 1. The van der Waals surface area contributed by atoms with Crippen LogP contribution in [0.5, 0.6) is 11.5 Å². The van der Waals surface area contributed by atoms with Gasteiger partial charge in [0, 0.05) is 37.6 Å². The molecule has 4 atom stereocenters. The van der Waals surface area contributed by atoms with Gasteiger partial charge in [-0.1, -0.05) is 88.3 Å². The van der Waals surface area contributed by atoms with Crippen LogP contribution in [0.3, 0.4) is 0 Å².